The summed E-state index contributed by atoms with van der Waals surface area (Å²) in [6.07, 6.45) is 2.19. The smallest absolute Gasteiger partial charge is 0.308 e. The highest BCUT2D eigenvalue weighted by molar-refractivity contribution is 5.86. The molecule has 1 N–H and O–H groups in total. The first kappa shape index (κ1) is 13.0. The largest absolute Gasteiger partial charge is 0.481 e. The number of hydrogen-bond donors (Lipinski definition) is 1. The van der Waals surface area contributed by atoms with E-state index in [-0.39, 0.29) is 18.4 Å². The minimum Gasteiger partial charge on any atom is -0.481 e. The lowest BCUT2D eigenvalue weighted by Crippen LogP contribution is -2.35. The molecule has 0 spiro atoms. The van der Waals surface area contributed by atoms with E-state index in [2.05, 4.69) is 13.8 Å². The van der Waals surface area contributed by atoms with Crippen molar-refractivity contribution in [1.29, 1.82) is 0 Å². The molecule has 0 aliphatic carbocycles. The predicted molar refractivity (Wildman–Crippen MR) is 61.0 cm³/mol. The third kappa shape index (κ3) is 3.22. The fourth-order valence-electron chi connectivity index (χ4n) is 2.05. The highest BCUT2D eigenvalue weighted by Gasteiger charge is 2.36. The van der Waals surface area contributed by atoms with Crippen molar-refractivity contribution in [2.75, 3.05) is 6.54 Å². The van der Waals surface area contributed by atoms with E-state index in [1.165, 1.54) is 0 Å². The lowest BCUT2D eigenvalue weighted by Gasteiger charge is -2.25. The first-order valence-electron chi connectivity index (χ1n) is 5.94. The van der Waals surface area contributed by atoms with Crippen molar-refractivity contribution in [3.63, 3.8) is 0 Å². The van der Waals surface area contributed by atoms with Gasteiger partial charge in [-0.15, -0.1) is 0 Å². The Balaban J connectivity index is 2.48. The minimum absolute atomic E-state index is 0.0105. The summed E-state index contributed by atoms with van der Waals surface area (Å²) in [6.45, 7) is 6.69. The van der Waals surface area contributed by atoms with Crippen molar-refractivity contribution in [3.05, 3.63) is 0 Å². The molecular weight excluding hydrogens is 206 g/mol. The van der Waals surface area contributed by atoms with Gasteiger partial charge >= 0.3 is 5.97 Å². The number of nitrogens with zero attached hydrogens (tertiary/aromatic N) is 1. The van der Waals surface area contributed by atoms with E-state index in [0.29, 0.717) is 12.5 Å². The lowest BCUT2D eigenvalue weighted by molar-refractivity contribution is -0.141. The van der Waals surface area contributed by atoms with Gasteiger partial charge in [0.1, 0.15) is 0 Å². The van der Waals surface area contributed by atoms with Crippen LogP contribution in [-0.4, -0.2) is 34.5 Å². The number of carbonyl (C=O) groups is 2. The molecule has 16 heavy (non-hydrogen) atoms. The van der Waals surface area contributed by atoms with Gasteiger partial charge in [-0.25, -0.2) is 0 Å². The van der Waals surface area contributed by atoms with Crippen LogP contribution in [0.1, 0.15) is 40.0 Å². The van der Waals surface area contributed by atoms with Crippen LogP contribution in [0.2, 0.25) is 0 Å². The van der Waals surface area contributed by atoms with Crippen molar-refractivity contribution >= 4 is 11.9 Å². The molecule has 1 amide bonds. The van der Waals surface area contributed by atoms with Crippen LogP contribution in [0.5, 0.6) is 0 Å². The summed E-state index contributed by atoms with van der Waals surface area (Å²) in [4.78, 5) is 24.2. The number of carbonyl (C=O) groups excluding carboxylic acids is 1. The second kappa shape index (κ2) is 5.32. The molecule has 0 radical (unpaired) electrons. The van der Waals surface area contributed by atoms with Crippen molar-refractivity contribution < 1.29 is 14.7 Å². The van der Waals surface area contributed by atoms with E-state index in [0.717, 1.165) is 12.8 Å². The van der Waals surface area contributed by atoms with Crippen LogP contribution in [-0.2, 0) is 9.59 Å². The van der Waals surface area contributed by atoms with Gasteiger partial charge < -0.3 is 10.0 Å². The number of amides is 1. The van der Waals surface area contributed by atoms with Crippen LogP contribution < -0.4 is 0 Å². The summed E-state index contributed by atoms with van der Waals surface area (Å²) in [6, 6.07) is 0.166. The third-order valence-corrected chi connectivity index (χ3v) is 3.20. The van der Waals surface area contributed by atoms with Crippen LogP contribution in [0.25, 0.3) is 0 Å². The molecule has 0 aromatic carbocycles. The summed E-state index contributed by atoms with van der Waals surface area (Å²) >= 11 is 0. The average molecular weight is 227 g/mol. The summed E-state index contributed by atoms with van der Waals surface area (Å²) in [5.41, 5.74) is 0. The molecule has 1 fully saturated rings. The summed E-state index contributed by atoms with van der Waals surface area (Å²) < 4.78 is 0. The van der Waals surface area contributed by atoms with E-state index in [4.69, 9.17) is 5.11 Å². The maximum Gasteiger partial charge on any atom is 0.308 e. The second-order valence-electron chi connectivity index (χ2n) is 5.11. The molecule has 0 aromatic rings. The molecule has 1 aliphatic heterocycles. The van der Waals surface area contributed by atoms with Crippen LogP contribution in [0.3, 0.4) is 0 Å². The first-order chi connectivity index (χ1) is 7.41. The van der Waals surface area contributed by atoms with E-state index >= 15 is 0 Å². The molecule has 4 nitrogen and oxygen atoms in total. The molecule has 1 heterocycles. The van der Waals surface area contributed by atoms with Gasteiger partial charge in [0.2, 0.25) is 5.91 Å². The fraction of sp³-hybridized carbons (Fsp3) is 0.833. The molecule has 4 heteroatoms. The Morgan fingerprint density at radius 1 is 1.44 bits per heavy atom. The Hall–Kier alpha value is -1.06. The van der Waals surface area contributed by atoms with Crippen molar-refractivity contribution in [1.82, 2.24) is 4.90 Å². The van der Waals surface area contributed by atoms with Crippen LogP contribution in [0.4, 0.5) is 0 Å². The van der Waals surface area contributed by atoms with E-state index in [9.17, 15) is 9.59 Å². The van der Waals surface area contributed by atoms with Crippen molar-refractivity contribution in [2.24, 2.45) is 11.8 Å². The molecule has 1 rings (SSSR count). The number of carboxylic acids is 1. The maximum absolute atomic E-state index is 11.6. The Morgan fingerprint density at radius 3 is 2.50 bits per heavy atom. The number of likely N-dealkylation sites (tertiary alicyclic amines) is 1. The Morgan fingerprint density at radius 2 is 2.06 bits per heavy atom. The van der Waals surface area contributed by atoms with E-state index in [1.54, 1.807) is 4.90 Å². The molecule has 2 unspecified atom stereocenters. The molecular formula is C12H21NO3. The van der Waals surface area contributed by atoms with Crippen molar-refractivity contribution in [3.8, 4) is 0 Å². The van der Waals surface area contributed by atoms with E-state index < -0.39 is 11.9 Å². The average Bonchev–Trinajstić information content (AvgIpc) is 2.57. The van der Waals surface area contributed by atoms with Gasteiger partial charge in [0.25, 0.3) is 0 Å². The van der Waals surface area contributed by atoms with Crippen LogP contribution >= 0.6 is 0 Å². The zero-order valence-electron chi connectivity index (χ0n) is 10.3. The van der Waals surface area contributed by atoms with Gasteiger partial charge in [0.05, 0.1) is 5.92 Å². The highest BCUT2D eigenvalue weighted by atomic mass is 16.4. The Bertz CT molecular complexity index is 275. The molecule has 0 aromatic heterocycles. The maximum atomic E-state index is 11.6. The Kier molecular flexibility index (Phi) is 4.33. The third-order valence-electron chi connectivity index (χ3n) is 3.20. The van der Waals surface area contributed by atoms with Gasteiger partial charge in [-0.1, -0.05) is 13.8 Å². The minimum atomic E-state index is -0.855. The van der Waals surface area contributed by atoms with Gasteiger partial charge in [0, 0.05) is 19.0 Å². The van der Waals surface area contributed by atoms with Gasteiger partial charge in [0.15, 0.2) is 0 Å². The molecule has 0 bridgehead atoms. The van der Waals surface area contributed by atoms with Crippen LogP contribution in [0, 0.1) is 11.8 Å². The molecule has 1 saturated heterocycles. The summed E-state index contributed by atoms with van der Waals surface area (Å²) in [5, 5.41) is 8.87. The topological polar surface area (TPSA) is 57.6 Å². The van der Waals surface area contributed by atoms with Gasteiger partial charge in [-0.2, -0.15) is 0 Å². The molecule has 1 aliphatic rings. The highest BCUT2D eigenvalue weighted by Crippen LogP contribution is 2.23. The van der Waals surface area contributed by atoms with Crippen LogP contribution in [0.15, 0.2) is 0 Å². The van der Waals surface area contributed by atoms with Gasteiger partial charge in [-0.3, -0.25) is 9.59 Å². The zero-order valence-corrected chi connectivity index (χ0v) is 10.3. The number of rotatable bonds is 5. The quantitative estimate of drug-likeness (QED) is 0.778. The summed E-state index contributed by atoms with van der Waals surface area (Å²) in [5.74, 6) is -0.750. The zero-order chi connectivity index (χ0) is 12.3. The van der Waals surface area contributed by atoms with E-state index in [1.807, 2.05) is 6.92 Å². The normalized spacial score (nSPS) is 22.9. The number of carboxylic acid groups (broad SMARTS) is 1. The Labute approximate surface area is 96.6 Å². The molecule has 0 saturated carbocycles. The second-order valence-corrected chi connectivity index (χ2v) is 5.11. The first-order valence-corrected chi connectivity index (χ1v) is 5.94. The predicted octanol–water partition coefficient (Wildman–Crippen LogP) is 1.74. The monoisotopic (exact) mass is 227 g/mol. The molecule has 92 valence electrons. The van der Waals surface area contributed by atoms with Gasteiger partial charge in [-0.05, 0) is 25.7 Å². The molecule has 2 atom stereocenters. The lowest BCUT2D eigenvalue weighted by atomic mass is 10.0. The summed E-state index contributed by atoms with van der Waals surface area (Å²) in [7, 11) is 0. The standard InChI is InChI=1S/C12H21NO3/c1-8(2)4-5-9(3)13-7-10(12(15)16)6-11(13)14/h8-10H,4-7H2,1-3H3,(H,15,16). The SMILES string of the molecule is CC(C)CCC(C)N1CC(C(=O)O)CC1=O. The number of hydrogen-bond acceptors (Lipinski definition) is 2. The fourth-order valence-corrected chi connectivity index (χ4v) is 2.05. The van der Waals surface area contributed by atoms with Crippen molar-refractivity contribution in [2.45, 2.75) is 46.1 Å². The number of aliphatic carboxylic acids is 1.